The third-order valence-electron chi connectivity index (χ3n) is 2.22. The maximum Gasteiger partial charge on any atom is 0.203 e. The quantitative estimate of drug-likeness (QED) is 0.737. The second kappa shape index (κ2) is 5.33. The largest absolute Gasteiger partial charge is 0.497 e. The van der Waals surface area contributed by atoms with Gasteiger partial charge in [0, 0.05) is 10.0 Å². The molecule has 0 aliphatic rings. The van der Waals surface area contributed by atoms with E-state index in [9.17, 15) is 4.79 Å². The van der Waals surface area contributed by atoms with E-state index in [1.807, 2.05) is 6.07 Å². The van der Waals surface area contributed by atoms with Crippen LogP contribution in [-0.4, -0.2) is 12.9 Å². The maximum atomic E-state index is 12.1. The summed E-state index contributed by atoms with van der Waals surface area (Å²) in [6, 6.07) is 8.92. The molecule has 0 bridgehead atoms. The fourth-order valence-electron chi connectivity index (χ4n) is 1.34. The number of hydrogen-bond acceptors (Lipinski definition) is 3. The number of carbonyl (C=O) groups excluding carboxylic acids is 1. The molecule has 0 saturated carbocycles. The Balaban J connectivity index is 2.30. The van der Waals surface area contributed by atoms with Crippen molar-refractivity contribution in [2.45, 2.75) is 0 Å². The molecule has 0 spiro atoms. The molecule has 2 aromatic rings. The van der Waals surface area contributed by atoms with Gasteiger partial charge in [-0.1, -0.05) is 0 Å². The first kappa shape index (κ1) is 12.8. The van der Waals surface area contributed by atoms with Crippen molar-refractivity contribution in [2.24, 2.45) is 0 Å². The smallest absolute Gasteiger partial charge is 0.203 e. The van der Waals surface area contributed by atoms with Gasteiger partial charge in [0.25, 0.3) is 0 Å². The van der Waals surface area contributed by atoms with Crippen LogP contribution in [0, 0.1) is 0 Å². The topological polar surface area (TPSA) is 26.3 Å². The van der Waals surface area contributed by atoms with Crippen molar-refractivity contribution in [1.82, 2.24) is 0 Å². The fraction of sp³-hybridized carbons (Fsp3) is 0.0833. The van der Waals surface area contributed by atoms with Crippen LogP contribution in [0.2, 0.25) is 0 Å². The average molecular weight is 376 g/mol. The Kier molecular flexibility index (Phi) is 4.01. The molecule has 0 aliphatic heterocycles. The van der Waals surface area contributed by atoms with E-state index in [1.54, 1.807) is 31.4 Å². The van der Waals surface area contributed by atoms with Gasteiger partial charge in [-0.15, -0.1) is 11.3 Å². The first-order valence-corrected chi connectivity index (χ1v) is 7.15. The van der Waals surface area contributed by atoms with Crippen LogP contribution >= 0.6 is 43.2 Å². The number of ketones is 1. The van der Waals surface area contributed by atoms with E-state index in [2.05, 4.69) is 31.9 Å². The summed E-state index contributed by atoms with van der Waals surface area (Å²) in [6.45, 7) is 0. The minimum absolute atomic E-state index is 0.0176. The molecular formula is C12H8Br2O2S. The summed E-state index contributed by atoms with van der Waals surface area (Å²) in [5, 5.41) is 0. The van der Waals surface area contributed by atoms with Gasteiger partial charge >= 0.3 is 0 Å². The van der Waals surface area contributed by atoms with Gasteiger partial charge in [-0.05, 0) is 62.2 Å². The van der Waals surface area contributed by atoms with Crippen LogP contribution < -0.4 is 4.74 Å². The summed E-state index contributed by atoms with van der Waals surface area (Å²) in [6.07, 6.45) is 0. The van der Waals surface area contributed by atoms with Crippen molar-refractivity contribution in [3.05, 3.63) is 49.0 Å². The number of thiophene rings is 1. The number of ether oxygens (including phenoxy) is 1. The predicted octanol–water partition coefficient (Wildman–Crippen LogP) is 4.51. The van der Waals surface area contributed by atoms with Gasteiger partial charge in [0.15, 0.2) is 0 Å². The van der Waals surface area contributed by atoms with E-state index in [4.69, 9.17) is 4.74 Å². The molecule has 1 aromatic carbocycles. The SMILES string of the molecule is COc1ccc(C(=O)c2cc(Br)c(Br)s2)cc1. The highest BCUT2D eigenvalue weighted by Crippen LogP contribution is 2.33. The lowest BCUT2D eigenvalue weighted by Gasteiger charge is -2.01. The summed E-state index contributed by atoms with van der Waals surface area (Å²) in [5.74, 6) is 0.763. The number of hydrogen-bond donors (Lipinski definition) is 0. The minimum Gasteiger partial charge on any atom is -0.497 e. The molecule has 5 heteroatoms. The number of carbonyl (C=O) groups is 1. The Morgan fingerprint density at radius 1 is 1.24 bits per heavy atom. The second-order valence-corrected chi connectivity index (χ2v) is 6.51. The number of methoxy groups -OCH3 is 1. The maximum absolute atomic E-state index is 12.1. The molecule has 0 fully saturated rings. The Morgan fingerprint density at radius 3 is 2.35 bits per heavy atom. The monoisotopic (exact) mass is 374 g/mol. The highest BCUT2D eigenvalue weighted by molar-refractivity contribution is 9.13. The molecule has 0 unspecified atom stereocenters. The highest BCUT2D eigenvalue weighted by atomic mass is 79.9. The van der Waals surface area contributed by atoms with Crippen molar-refractivity contribution >= 4 is 49.0 Å². The summed E-state index contributed by atoms with van der Waals surface area (Å²) in [4.78, 5) is 12.8. The molecule has 17 heavy (non-hydrogen) atoms. The highest BCUT2D eigenvalue weighted by Gasteiger charge is 2.14. The van der Waals surface area contributed by atoms with Crippen molar-refractivity contribution < 1.29 is 9.53 Å². The van der Waals surface area contributed by atoms with Crippen LogP contribution in [-0.2, 0) is 0 Å². The standard InChI is InChI=1S/C12H8Br2O2S/c1-16-8-4-2-7(3-5-8)11(15)10-6-9(13)12(14)17-10/h2-6H,1H3. The second-order valence-electron chi connectivity index (χ2n) is 3.29. The Labute approximate surface area is 120 Å². The van der Waals surface area contributed by atoms with Crippen LogP contribution in [0.5, 0.6) is 5.75 Å². The summed E-state index contributed by atoms with van der Waals surface area (Å²) < 4.78 is 6.88. The normalized spacial score (nSPS) is 10.3. The van der Waals surface area contributed by atoms with Crippen molar-refractivity contribution in [3.8, 4) is 5.75 Å². The van der Waals surface area contributed by atoms with Gasteiger partial charge in [-0.3, -0.25) is 4.79 Å². The Hall–Kier alpha value is -0.650. The lowest BCUT2D eigenvalue weighted by atomic mass is 10.1. The van der Waals surface area contributed by atoms with Crippen LogP contribution in [0.3, 0.4) is 0 Å². The molecule has 0 aliphatic carbocycles. The lowest BCUT2D eigenvalue weighted by molar-refractivity contribution is 0.104. The van der Waals surface area contributed by atoms with Crippen molar-refractivity contribution in [2.75, 3.05) is 7.11 Å². The van der Waals surface area contributed by atoms with E-state index in [-0.39, 0.29) is 5.78 Å². The molecule has 0 radical (unpaired) electrons. The predicted molar refractivity (Wildman–Crippen MR) is 76.1 cm³/mol. The first-order chi connectivity index (χ1) is 8.11. The molecule has 0 atom stereocenters. The van der Waals surface area contributed by atoms with Crippen LogP contribution in [0.15, 0.2) is 38.6 Å². The molecule has 1 heterocycles. The van der Waals surface area contributed by atoms with E-state index in [0.717, 1.165) is 14.0 Å². The minimum atomic E-state index is 0.0176. The van der Waals surface area contributed by atoms with Crippen molar-refractivity contribution in [3.63, 3.8) is 0 Å². The van der Waals surface area contributed by atoms with Gasteiger partial charge < -0.3 is 4.74 Å². The van der Waals surface area contributed by atoms with Gasteiger partial charge in [0.2, 0.25) is 5.78 Å². The van der Waals surface area contributed by atoms with Crippen LogP contribution in [0.25, 0.3) is 0 Å². The summed E-state index contributed by atoms with van der Waals surface area (Å²) in [7, 11) is 1.60. The van der Waals surface area contributed by atoms with E-state index in [1.165, 1.54) is 11.3 Å². The van der Waals surface area contributed by atoms with E-state index in [0.29, 0.717) is 10.4 Å². The molecular weight excluding hydrogens is 368 g/mol. The van der Waals surface area contributed by atoms with E-state index < -0.39 is 0 Å². The molecule has 0 amide bonds. The third-order valence-corrected chi connectivity index (χ3v) is 5.48. The van der Waals surface area contributed by atoms with E-state index >= 15 is 0 Å². The molecule has 1 aromatic heterocycles. The average Bonchev–Trinajstić information content (AvgIpc) is 2.69. The Morgan fingerprint density at radius 2 is 1.88 bits per heavy atom. The van der Waals surface area contributed by atoms with Gasteiger partial charge in [-0.2, -0.15) is 0 Å². The van der Waals surface area contributed by atoms with Crippen LogP contribution in [0.4, 0.5) is 0 Å². The zero-order valence-corrected chi connectivity index (χ0v) is 12.9. The van der Waals surface area contributed by atoms with Gasteiger partial charge in [0.05, 0.1) is 15.8 Å². The van der Waals surface area contributed by atoms with Crippen molar-refractivity contribution in [1.29, 1.82) is 0 Å². The van der Waals surface area contributed by atoms with Crippen LogP contribution in [0.1, 0.15) is 15.2 Å². The number of rotatable bonds is 3. The summed E-state index contributed by atoms with van der Waals surface area (Å²) in [5.41, 5.74) is 0.659. The summed E-state index contributed by atoms with van der Waals surface area (Å²) >= 11 is 8.17. The molecule has 2 nitrogen and oxygen atoms in total. The zero-order valence-electron chi connectivity index (χ0n) is 8.87. The first-order valence-electron chi connectivity index (χ1n) is 4.75. The zero-order chi connectivity index (χ0) is 12.4. The molecule has 0 N–H and O–H groups in total. The molecule has 0 saturated heterocycles. The molecule has 88 valence electrons. The van der Waals surface area contributed by atoms with Gasteiger partial charge in [-0.25, -0.2) is 0 Å². The fourth-order valence-corrected chi connectivity index (χ4v) is 3.34. The Bertz CT molecular complexity index is 527. The number of halogens is 2. The third kappa shape index (κ3) is 2.78. The van der Waals surface area contributed by atoms with Gasteiger partial charge in [0.1, 0.15) is 5.75 Å². The number of benzene rings is 1. The lowest BCUT2D eigenvalue weighted by Crippen LogP contribution is -1.98. The molecule has 2 rings (SSSR count).